The van der Waals surface area contributed by atoms with Crippen molar-refractivity contribution >= 4 is 18.3 Å². The van der Waals surface area contributed by atoms with Crippen LogP contribution in [-0.4, -0.2) is 18.5 Å². The predicted molar refractivity (Wildman–Crippen MR) is 76.7 cm³/mol. The second kappa shape index (κ2) is 7.34. The first-order chi connectivity index (χ1) is 8.20. The second-order valence-electron chi connectivity index (χ2n) is 5.96. The summed E-state index contributed by atoms with van der Waals surface area (Å²) >= 11 is 0. The molecule has 0 aliphatic heterocycles. The standard InChI is InChI=1S/C14H26N2O.ClH/c1-10(9-15)14(17)16-13-7-6-11-4-2-3-5-12(11)8-13;/h10-13H,2-9,15H2,1H3,(H,16,17);1H. The Morgan fingerprint density at radius 2 is 1.89 bits per heavy atom. The van der Waals surface area contributed by atoms with Crippen molar-refractivity contribution in [2.24, 2.45) is 23.5 Å². The largest absolute Gasteiger partial charge is 0.353 e. The quantitative estimate of drug-likeness (QED) is 0.831. The molecule has 4 unspecified atom stereocenters. The molecule has 0 bridgehead atoms. The van der Waals surface area contributed by atoms with Crippen LogP contribution in [0.25, 0.3) is 0 Å². The molecule has 0 radical (unpaired) electrons. The molecule has 0 aromatic rings. The summed E-state index contributed by atoms with van der Waals surface area (Å²) in [6, 6.07) is 0.413. The van der Waals surface area contributed by atoms with Crippen molar-refractivity contribution in [2.75, 3.05) is 6.54 Å². The molecule has 0 aromatic carbocycles. The molecule has 2 aliphatic rings. The summed E-state index contributed by atoms with van der Waals surface area (Å²) in [5.41, 5.74) is 5.52. The zero-order valence-electron chi connectivity index (χ0n) is 11.4. The maximum Gasteiger partial charge on any atom is 0.224 e. The second-order valence-corrected chi connectivity index (χ2v) is 5.96. The van der Waals surface area contributed by atoms with E-state index >= 15 is 0 Å². The molecule has 3 nitrogen and oxygen atoms in total. The van der Waals surface area contributed by atoms with Gasteiger partial charge in [-0.25, -0.2) is 0 Å². The van der Waals surface area contributed by atoms with E-state index in [1.165, 1.54) is 44.9 Å². The average molecular weight is 275 g/mol. The third kappa shape index (κ3) is 3.86. The molecule has 2 fully saturated rings. The highest BCUT2D eigenvalue weighted by Gasteiger charge is 2.32. The number of fused-ring (bicyclic) bond motifs is 1. The van der Waals surface area contributed by atoms with E-state index in [9.17, 15) is 4.79 Å². The maximum absolute atomic E-state index is 11.8. The summed E-state index contributed by atoms with van der Waals surface area (Å²) in [6.45, 7) is 2.35. The van der Waals surface area contributed by atoms with Gasteiger partial charge in [-0.3, -0.25) is 4.79 Å². The first-order valence-corrected chi connectivity index (χ1v) is 7.21. The van der Waals surface area contributed by atoms with Gasteiger partial charge in [0.25, 0.3) is 0 Å². The fourth-order valence-corrected chi connectivity index (χ4v) is 3.45. The van der Waals surface area contributed by atoms with E-state index in [0.29, 0.717) is 12.6 Å². The van der Waals surface area contributed by atoms with Gasteiger partial charge in [-0.15, -0.1) is 12.4 Å². The molecule has 18 heavy (non-hydrogen) atoms. The zero-order valence-corrected chi connectivity index (χ0v) is 12.2. The lowest BCUT2D eigenvalue weighted by Crippen LogP contribution is -2.44. The number of hydrogen-bond donors (Lipinski definition) is 2. The summed E-state index contributed by atoms with van der Waals surface area (Å²) in [7, 11) is 0. The fraction of sp³-hybridized carbons (Fsp3) is 0.929. The molecule has 2 saturated carbocycles. The lowest BCUT2D eigenvalue weighted by Gasteiger charge is -2.39. The Labute approximate surface area is 117 Å². The number of nitrogens with two attached hydrogens (primary N) is 1. The Hall–Kier alpha value is -0.280. The van der Waals surface area contributed by atoms with Gasteiger partial charge in [-0.1, -0.05) is 32.6 Å². The molecule has 0 saturated heterocycles. The van der Waals surface area contributed by atoms with E-state index in [4.69, 9.17) is 5.73 Å². The molecule has 3 N–H and O–H groups in total. The summed E-state index contributed by atoms with van der Waals surface area (Å²) in [6.07, 6.45) is 9.29. The fourth-order valence-electron chi connectivity index (χ4n) is 3.45. The number of rotatable bonds is 3. The lowest BCUT2D eigenvalue weighted by atomic mass is 9.69. The monoisotopic (exact) mass is 274 g/mol. The highest BCUT2D eigenvalue weighted by atomic mass is 35.5. The number of hydrogen-bond acceptors (Lipinski definition) is 2. The third-order valence-electron chi connectivity index (χ3n) is 4.69. The molecule has 1 amide bonds. The van der Waals surface area contributed by atoms with Crippen LogP contribution in [-0.2, 0) is 4.79 Å². The predicted octanol–water partition coefficient (Wildman–Crippen LogP) is 2.48. The van der Waals surface area contributed by atoms with Crippen molar-refractivity contribution < 1.29 is 4.79 Å². The van der Waals surface area contributed by atoms with Gasteiger partial charge < -0.3 is 11.1 Å². The molecule has 0 heterocycles. The van der Waals surface area contributed by atoms with Crippen LogP contribution in [0.4, 0.5) is 0 Å². The van der Waals surface area contributed by atoms with Gasteiger partial charge >= 0.3 is 0 Å². The zero-order chi connectivity index (χ0) is 12.3. The lowest BCUT2D eigenvalue weighted by molar-refractivity contribution is -0.125. The normalized spacial score (nSPS) is 32.9. The van der Waals surface area contributed by atoms with Crippen LogP contribution in [0.3, 0.4) is 0 Å². The van der Waals surface area contributed by atoms with E-state index in [-0.39, 0.29) is 24.2 Å². The number of amides is 1. The summed E-state index contributed by atoms with van der Waals surface area (Å²) < 4.78 is 0. The van der Waals surface area contributed by atoms with Gasteiger partial charge in [0.05, 0.1) is 0 Å². The first kappa shape index (κ1) is 15.8. The minimum absolute atomic E-state index is 0. The van der Waals surface area contributed by atoms with Crippen molar-refractivity contribution in [2.45, 2.75) is 57.9 Å². The molecule has 2 aliphatic carbocycles. The molecule has 2 rings (SSSR count). The van der Waals surface area contributed by atoms with Gasteiger partial charge in [-0.05, 0) is 31.1 Å². The van der Waals surface area contributed by atoms with Crippen LogP contribution < -0.4 is 11.1 Å². The molecule has 0 spiro atoms. The van der Waals surface area contributed by atoms with Crippen molar-refractivity contribution in [1.82, 2.24) is 5.32 Å². The van der Waals surface area contributed by atoms with Crippen LogP contribution in [0.1, 0.15) is 51.9 Å². The van der Waals surface area contributed by atoms with Crippen molar-refractivity contribution in [3.8, 4) is 0 Å². The van der Waals surface area contributed by atoms with Crippen molar-refractivity contribution in [3.63, 3.8) is 0 Å². The molecular weight excluding hydrogens is 248 g/mol. The Balaban J connectivity index is 0.00000162. The Bertz CT molecular complexity index is 273. The van der Waals surface area contributed by atoms with Crippen molar-refractivity contribution in [1.29, 1.82) is 0 Å². The number of halogens is 1. The maximum atomic E-state index is 11.8. The molecular formula is C14H27ClN2O. The Kier molecular flexibility index (Phi) is 6.44. The molecule has 4 atom stereocenters. The van der Waals surface area contributed by atoms with Crippen LogP contribution in [0, 0.1) is 17.8 Å². The van der Waals surface area contributed by atoms with E-state index in [2.05, 4.69) is 5.32 Å². The number of nitrogens with one attached hydrogen (secondary N) is 1. The molecule has 4 heteroatoms. The Morgan fingerprint density at radius 1 is 1.22 bits per heavy atom. The highest BCUT2D eigenvalue weighted by molar-refractivity contribution is 5.85. The van der Waals surface area contributed by atoms with E-state index in [0.717, 1.165) is 11.8 Å². The minimum Gasteiger partial charge on any atom is -0.353 e. The summed E-state index contributed by atoms with van der Waals surface area (Å²) in [5, 5.41) is 3.18. The van der Waals surface area contributed by atoms with Gasteiger partial charge in [0.15, 0.2) is 0 Å². The van der Waals surface area contributed by atoms with Crippen LogP contribution in [0.5, 0.6) is 0 Å². The average Bonchev–Trinajstić information content (AvgIpc) is 2.37. The highest BCUT2D eigenvalue weighted by Crippen LogP contribution is 2.40. The van der Waals surface area contributed by atoms with E-state index in [1.54, 1.807) is 0 Å². The smallest absolute Gasteiger partial charge is 0.224 e. The van der Waals surface area contributed by atoms with Gasteiger partial charge in [-0.2, -0.15) is 0 Å². The summed E-state index contributed by atoms with van der Waals surface area (Å²) in [4.78, 5) is 11.8. The first-order valence-electron chi connectivity index (χ1n) is 7.21. The van der Waals surface area contributed by atoms with Crippen molar-refractivity contribution in [3.05, 3.63) is 0 Å². The number of carbonyl (C=O) groups excluding carboxylic acids is 1. The van der Waals surface area contributed by atoms with Gasteiger partial charge in [0, 0.05) is 18.5 Å². The number of carbonyl (C=O) groups is 1. The van der Waals surface area contributed by atoms with E-state index < -0.39 is 0 Å². The third-order valence-corrected chi connectivity index (χ3v) is 4.69. The Morgan fingerprint density at radius 3 is 2.56 bits per heavy atom. The summed E-state index contributed by atoms with van der Waals surface area (Å²) in [5.74, 6) is 1.92. The van der Waals surface area contributed by atoms with Gasteiger partial charge in [0.1, 0.15) is 0 Å². The van der Waals surface area contributed by atoms with E-state index in [1.807, 2.05) is 6.92 Å². The van der Waals surface area contributed by atoms with Crippen LogP contribution >= 0.6 is 12.4 Å². The molecule has 0 aromatic heterocycles. The topological polar surface area (TPSA) is 55.1 Å². The molecule has 106 valence electrons. The van der Waals surface area contributed by atoms with Crippen LogP contribution in [0.15, 0.2) is 0 Å². The minimum atomic E-state index is -0.0425. The van der Waals surface area contributed by atoms with Gasteiger partial charge in [0.2, 0.25) is 5.91 Å². The SMILES string of the molecule is CC(CN)C(=O)NC1CCC2CCCCC2C1.Cl. The van der Waals surface area contributed by atoms with Crippen LogP contribution in [0.2, 0.25) is 0 Å².